The van der Waals surface area contributed by atoms with Crippen LogP contribution in [0.2, 0.25) is 10.0 Å². The number of phenols is 1. The van der Waals surface area contributed by atoms with Crippen molar-refractivity contribution in [1.29, 1.82) is 0 Å². The number of halogens is 2. The zero-order valence-corrected chi connectivity index (χ0v) is 17.7. The van der Waals surface area contributed by atoms with Gasteiger partial charge in [0.25, 0.3) is 0 Å². The molecule has 0 heterocycles. The van der Waals surface area contributed by atoms with Crippen LogP contribution >= 0.6 is 42.8 Å². The quantitative estimate of drug-likeness (QED) is 0.345. The Hall–Kier alpha value is -0.760. The summed E-state index contributed by atoms with van der Waals surface area (Å²) in [5.41, 5.74) is 0.949. The predicted octanol–water partition coefficient (Wildman–Crippen LogP) is 5.43. The van der Waals surface area contributed by atoms with Crippen LogP contribution in [0.5, 0.6) is 5.75 Å². The third-order valence-corrected chi connectivity index (χ3v) is 6.10. The van der Waals surface area contributed by atoms with E-state index in [2.05, 4.69) is 10.5 Å². The summed E-state index contributed by atoms with van der Waals surface area (Å²) >= 11 is 13.7. The first-order chi connectivity index (χ1) is 12.7. The number of rotatable bonds is 9. The van der Waals surface area contributed by atoms with E-state index in [4.69, 9.17) is 32.6 Å². The van der Waals surface area contributed by atoms with Crippen molar-refractivity contribution in [2.24, 2.45) is 11.8 Å². The molecule has 0 aliphatic heterocycles. The third-order valence-electron chi connectivity index (χ3n) is 3.74. The Morgan fingerprint density at radius 2 is 2.00 bits per heavy atom. The predicted molar refractivity (Wildman–Crippen MR) is 107 cm³/mol. The van der Waals surface area contributed by atoms with Gasteiger partial charge in [-0.1, -0.05) is 48.0 Å². The first kappa shape index (κ1) is 22.5. The van der Waals surface area contributed by atoms with Crippen LogP contribution in [0.3, 0.4) is 0 Å². The van der Waals surface area contributed by atoms with E-state index in [0.29, 0.717) is 27.8 Å². The molecule has 0 aliphatic carbocycles. The van der Waals surface area contributed by atoms with E-state index in [-0.39, 0.29) is 18.3 Å². The minimum Gasteiger partial charge on any atom is -0.507 e. The van der Waals surface area contributed by atoms with Crippen molar-refractivity contribution in [2.45, 2.75) is 29.6 Å². The van der Waals surface area contributed by atoms with E-state index in [1.54, 1.807) is 18.2 Å². The van der Waals surface area contributed by atoms with Crippen molar-refractivity contribution >= 4 is 42.8 Å². The Morgan fingerprint density at radius 1 is 1.26 bits per heavy atom. The number of phosphoric acid groups is 1. The summed E-state index contributed by atoms with van der Waals surface area (Å²) < 4.78 is 19.8. The number of benzene rings is 2. The third kappa shape index (κ3) is 7.29. The lowest BCUT2D eigenvalue weighted by Crippen LogP contribution is -2.08. The van der Waals surface area contributed by atoms with Crippen LogP contribution in [0, 0.1) is 5.92 Å². The molecule has 0 amide bonds. The average Bonchev–Trinajstić information content (AvgIpc) is 2.62. The molecule has 2 rings (SSSR count). The number of phosphoric ester groups is 1. The van der Waals surface area contributed by atoms with Crippen LogP contribution in [0.25, 0.3) is 0 Å². The van der Waals surface area contributed by atoms with Gasteiger partial charge in [-0.2, -0.15) is 0 Å². The fourth-order valence-corrected chi connectivity index (χ4v) is 4.23. The normalized spacial score (nSPS) is 14.7. The van der Waals surface area contributed by atoms with E-state index >= 15 is 0 Å². The smallest absolute Gasteiger partial charge is 0.488 e. The number of hydrogen-bond acceptors (Lipinski definition) is 6. The molecule has 0 aromatic heterocycles. The van der Waals surface area contributed by atoms with Gasteiger partial charge < -0.3 is 10.00 Å². The molecule has 2 aromatic rings. The number of aromatic hydroxyl groups is 1. The van der Waals surface area contributed by atoms with Crippen molar-refractivity contribution in [3.63, 3.8) is 0 Å². The van der Waals surface area contributed by atoms with Gasteiger partial charge in [-0.15, -0.1) is 0 Å². The Labute approximate surface area is 172 Å². The molecule has 0 fully saturated rings. The van der Waals surface area contributed by atoms with Crippen LogP contribution < -0.4 is 5.90 Å². The van der Waals surface area contributed by atoms with Gasteiger partial charge in [-0.3, -0.25) is 4.52 Å². The maximum absolute atomic E-state index is 11.2. The SMILES string of the molecule is CC(CCc1ccc(Sc2cc(Cl)ccc2O)cc1Cl)COP(=O)(O)ON. The van der Waals surface area contributed by atoms with E-state index in [1.807, 2.05) is 25.1 Å². The highest BCUT2D eigenvalue weighted by atomic mass is 35.5. The molecule has 27 heavy (non-hydrogen) atoms. The molecule has 10 heteroatoms. The van der Waals surface area contributed by atoms with Gasteiger partial charge in [0.1, 0.15) is 5.75 Å². The van der Waals surface area contributed by atoms with Crippen molar-refractivity contribution in [3.05, 3.63) is 52.0 Å². The largest absolute Gasteiger partial charge is 0.507 e. The fourth-order valence-electron chi connectivity index (χ4n) is 2.23. The summed E-state index contributed by atoms with van der Waals surface area (Å²) in [7, 11) is -4.16. The molecule has 2 atom stereocenters. The Kier molecular flexibility index (Phi) is 8.46. The number of hydrogen-bond donors (Lipinski definition) is 3. The fraction of sp³-hybridized carbons (Fsp3) is 0.294. The topological polar surface area (TPSA) is 102 Å². The van der Waals surface area contributed by atoms with Crippen LogP contribution in [0.15, 0.2) is 46.2 Å². The molecule has 0 aliphatic rings. The second kappa shape index (κ2) is 10.1. The Morgan fingerprint density at radius 3 is 2.67 bits per heavy atom. The summed E-state index contributed by atoms with van der Waals surface area (Å²) in [6.45, 7) is 1.93. The molecule has 0 radical (unpaired) electrons. The summed E-state index contributed by atoms with van der Waals surface area (Å²) in [6.07, 6.45) is 1.38. The maximum atomic E-state index is 11.2. The lowest BCUT2D eigenvalue weighted by atomic mass is 10.0. The molecule has 0 spiro atoms. The van der Waals surface area contributed by atoms with Gasteiger partial charge in [-0.25, -0.2) is 15.1 Å². The van der Waals surface area contributed by atoms with E-state index in [0.717, 1.165) is 10.5 Å². The molecule has 0 bridgehead atoms. The lowest BCUT2D eigenvalue weighted by molar-refractivity contribution is 0.133. The van der Waals surface area contributed by atoms with Crippen LogP contribution in [0.4, 0.5) is 0 Å². The molecule has 0 saturated carbocycles. The minimum absolute atomic E-state index is 0.00847. The second-order valence-corrected chi connectivity index (χ2v) is 9.35. The monoisotopic (exact) mass is 451 g/mol. The van der Waals surface area contributed by atoms with Gasteiger partial charge in [0, 0.05) is 14.9 Å². The molecule has 4 N–H and O–H groups in total. The highest BCUT2D eigenvalue weighted by molar-refractivity contribution is 7.99. The number of nitrogens with two attached hydrogens (primary N) is 1. The maximum Gasteiger partial charge on any atom is 0.488 e. The minimum atomic E-state index is -4.16. The van der Waals surface area contributed by atoms with E-state index in [9.17, 15) is 9.67 Å². The van der Waals surface area contributed by atoms with Crippen molar-refractivity contribution < 1.29 is 23.7 Å². The first-order valence-corrected chi connectivity index (χ1v) is 11.1. The molecular formula is C17H20Cl2NO5PS. The highest BCUT2D eigenvalue weighted by Crippen LogP contribution is 2.41. The lowest BCUT2D eigenvalue weighted by Gasteiger charge is -2.14. The van der Waals surface area contributed by atoms with Gasteiger partial charge >= 0.3 is 7.82 Å². The molecule has 2 aromatic carbocycles. The second-order valence-electron chi connectivity index (χ2n) is 5.98. The molecule has 0 saturated heterocycles. The molecule has 2 unspecified atom stereocenters. The van der Waals surface area contributed by atoms with Gasteiger partial charge in [0.2, 0.25) is 0 Å². The van der Waals surface area contributed by atoms with Crippen molar-refractivity contribution in [1.82, 2.24) is 0 Å². The van der Waals surface area contributed by atoms with Crippen LogP contribution in [-0.2, 0) is 20.1 Å². The number of phenolic OH excluding ortho intramolecular Hbond substituents is 1. The zero-order chi connectivity index (χ0) is 20.0. The zero-order valence-electron chi connectivity index (χ0n) is 14.5. The van der Waals surface area contributed by atoms with Crippen LogP contribution in [0.1, 0.15) is 18.9 Å². The van der Waals surface area contributed by atoms with E-state index < -0.39 is 7.82 Å². The summed E-state index contributed by atoms with van der Waals surface area (Å²) in [5, 5.41) is 11.1. The van der Waals surface area contributed by atoms with Crippen molar-refractivity contribution in [3.8, 4) is 5.75 Å². The first-order valence-electron chi connectivity index (χ1n) is 8.01. The van der Waals surface area contributed by atoms with E-state index in [1.165, 1.54) is 11.8 Å². The summed E-state index contributed by atoms with van der Waals surface area (Å²) in [6, 6.07) is 10.5. The summed E-state index contributed by atoms with van der Waals surface area (Å²) in [5.74, 6) is 4.85. The average molecular weight is 452 g/mol. The Balaban J connectivity index is 1.94. The van der Waals surface area contributed by atoms with Gasteiger partial charge in [0.15, 0.2) is 0 Å². The van der Waals surface area contributed by atoms with Crippen molar-refractivity contribution in [2.75, 3.05) is 6.61 Å². The summed E-state index contributed by atoms with van der Waals surface area (Å²) in [4.78, 5) is 10.6. The highest BCUT2D eigenvalue weighted by Gasteiger charge is 2.20. The van der Waals surface area contributed by atoms with Gasteiger partial charge in [-0.05, 0) is 54.7 Å². The molecule has 6 nitrogen and oxygen atoms in total. The standard InChI is InChI=1S/C17H20Cl2NO5PS/c1-11(10-24-26(22,23)25-20)2-3-12-4-6-14(9-15(12)19)27-17-8-13(18)5-7-16(17)21/h4-9,11,21H,2-3,10,20H2,1H3,(H,22,23). The molecule has 148 valence electrons. The molecular weight excluding hydrogens is 432 g/mol. The number of aryl methyl sites for hydroxylation is 1. The Bertz CT molecular complexity index is 839. The van der Waals surface area contributed by atoms with Crippen LogP contribution in [-0.4, -0.2) is 16.6 Å². The van der Waals surface area contributed by atoms with Gasteiger partial charge in [0.05, 0.1) is 11.5 Å².